The fourth-order valence-electron chi connectivity index (χ4n) is 3.47. The van der Waals surface area contributed by atoms with E-state index in [0.29, 0.717) is 41.4 Å². The Kier molecular flexibility index (Phi) is 4.73. The maximum atomic E-state index is 13.6. The number of alkyl halides is 2. The summed E-state index contributed by atoms with van der Waals surface area (Å²) in [6, 6.07) is 8.52. The van der Waals surface area contributed by atoms with Crippen molar-refractivity contribution in [3.05, 3.63) is 42.0 Å². The number of benzene rings is 1. The fraction of sp³-hybridized carbons (Fsp3) is 0.421. The number of aromatic nitrogens is 4. The van der Waals surface area contributed by atoms with Gasteiger partial charge in [-0.2, -0.15) is 4.98 Å². The molecule has 0 saturated heterocycles. The lowest BCUT2D eigenvalue weighted by Crippen LogP contribution is -2.27. The molecule has 1 fully saturated rings. The lowest BCUT2D eigenvalue weighted by Gasteiger charge is -2.25. The van der Waals surface area contributed by atoms with Crippen LogP contribution in [0.15, 0.2) is 30.3 Å². The average molecular weight is 374 g/mol. The van der Waals surface area contributed by atoms with Crippen LogP contribution in [0.5, 0.6) is 5.88 Å². The number of fused-ring (bicyclic) bond motifs is 1. The van der Waals surface area contributed by atoms with E-state index < -0.39 is 6.43 Å². The second-order valence-corrected chi connectivity index (χ2v) is 6.75. The predicted molar refractivity (Wildman–Crippen MR) is 95.2 cm³/mol. The molecule has 0 aliphatic heterocycles. The molecule has 142 valence electrons. The molecule has 1 aliphatic carbocycles. The first-order valence-corrected chi connectivity index (χ1v) is 8.97. The summed E-state index contributed by atoms with van der Waals surface area (Å²) < 4.78 is 34.5. The zero-order chi connectivity index (χ0) is 19.0. The van der Waals surface area contributed by atoms with E-state index in [1.165, 1.54) is 4.57 Å². The van der Waals surface area contributed by atoms with Gasteiger partial charge in [-0.05, 0) is 44.7 Å². The van der Waals surface area contributed by atoms with Crippen molar-refractivity contribution in [2.24, 2.45) is 0 Å². The van der Waals surface area contributed by atoms with E-state index in [2.05, 4.69) is 15.0 Å². The molecule has 3 aromatic rings. The van der Waals surface area contributed by atoms with E-state index in [-0.39, 0.29) is 18.0 Å². The molecular weight excluding hydrogens is 354 g/mol. The molecule has 0 unspecified atom stereocenters. The number of aliphatic hydroxyl groups excluding tert-OH is 1. The molecule has 8 heteroatoms. The number of rotatable bonds is 4. The molecule has 27 heavy (non-hydrogen) atoms. The molecule has 0 bridgehead atoms. The summed E-state index contributed by atoms with van der Waals surface area (Å²) in [5.74, 6) is 0.714. The quantitative estimate of drug-likeness (QED) is 0.753. The van der Waals surface area contributed by atoms with Gasteiger partial charge in [-0.25, -0.2) is 18.7 Å². The molecule has 1 aliphatic rings. The van der Waals surface area contributed by atoms with Gasteiger partial charge in [-0.3, -0.25) is 4.57 Å². The van der Waals surface area contributed by atoms with Crippen LogP contribution in [0.25, 0.3) is 16.9 Å². The topological polar surface area (TPSA) is 73.1 Å². The van der Waals surface area contributed by atoms with Gasteiger partial charge < -0.3 is 9.84 Å². The largest absolute Gasteiger partial charge is 0.474 e. The van der Waals surface area contributed by atoms with Crippen molar-refractivity contribution in [3.63, 3.8) is 0 Å². The van der Waals surface area contributed by atoms with E-state index in [1.54, 1.807) is 37.3 Å². The summed E-state index contributed by atoms with van der Waals surface area (Å²) in [6.07, 6.45) is -0.238. The molecule has 0 atom stereocenters. The monoisotopic (exact) mass is 374 g/mol. The molecular formula is C19H20F2N4O2. The SMILES string of the molecule is Cc1nc(OC2CCC(O)CC2)cc(-n2c(C(F)F)nc3ccccc32)n1. The van der Waals surface area contributed by atoms with Crippen LogP contribution in [0.1, 0.15) is 43.8 Å². The number of nitrogens with zero attached hydrogens (tertiary/aromatic N) is 4. The molecule has 1 N–H and O–H groups in total. The van der Waals surface area contributed by atoms with Crippen LogP contribution < -0.4 is 4.74 Å². The van der Waals surface area contributed by atoms with Gasteiger partial charge in [0.1, 0.15) is 17.7 Å². The molecule has 0 radical (unpaired) electrons. The molecule has 6 nitrogen and oxygen atoms in total. The van der Waals surface area contributed by atoms with Crippen LogP contribution in [-0.2, 0) is 0 Å². The first-order valence-electron chi connectivity index (χ1n) is 8.97. The fourth-order valence-corrected chi connectivity index (χ4v) is 3.47. The second-order valence-electron chi connectivity index (χ2n) is 6.75. The van der Waals surface area contributed by atoms with Gasteiger partial charge in [0.2, 0.25) is 5.88 Å². The Balaban J connectivity index is 1.73. The van der Waals surface area contributed by atoms with Crippen LogP contribution in [0.4, 0.5) is 8.78 Å². The molecule has 1 saturated carbocycles. The first-order chi connectivity index (χ1) is 13.0. The van der Waals surface area contributed by atoms with Crippen molar-refractivity contribution in [2.75, 3.05) is 0 Å². The van der Waals surface area contributed by atoms with Crippen molar-refractivity contribution in [1.29, 1.82) is 0 Å². The van der Waals surface area contributed by atoms with Gasteiger partial charge in [0.25, 0.3) is 6.43 Å². The van der Waals surface area contributed by atoms with E-state index in [9.17, 15) is 13.9 Å². The smallest absolute Gasteiger partial charge is 0.296 e. The zero-order valence-corrected chi connectivity index (χ0v) is 14.8. The van der Waals surface area contributed by atoms with E-state index in [0.717, 1.165) is 12.8 Å². The zero-order valence-electron chi connectivity index (χ0n) is 14.8. The number of hydrogen-bond acceptors (Lipinski definition) is 5. The Labute approximate surface area is 154 Å². The molecule has 1 aromatic carbocycles. The normalized spacial score (nSPS) is 20.3. The van der Waals surface area contributed by atoms with Crippen molar-refractivity contribution in [2.45, 2.75) is 51.2 Å². The third kappa shape index (κ3) is 3.62. The Morgan fingerprint density at radius 2 is 1.85 bits per heavy atom. The highest BCUT2D eigenvalue weighted by molar-refractivity contribution is 5.78. The van der Waals surface area contributed by atoms with Crippen molar-refractivity contribution in [1.82, 2.24) is 19.5 Å². The third-order valence-electron chi connectivity index (χ3n) is 4.74. The Hall–Kier alpha value is -2.61. The van der Waals surface area contributed by atoms with Gasteiger partial charge in [0.15, 0.2) is 5.82 Å². The Morgan fingerprint density at radius 1 is 1.11 bits per heavy atom. The minimum atomic E-state index is -2.74. The lowest BCUT2D eigenvalue weighted by molar-refractivity contribution is 0.0642. The predicted octanol–water partition coefficient (Wildman–Crippen LogP) is 3.74. The standard InChI is InChI=1S/C19H20F2N4O2/c1-11-22-16(10-17(23-11)27-13-8-6-12(26)7-9-13)25-15-5-3-2-4-14(15)24-19(25)18(20)21/h2-5,10,12-13,18,26H,6-9H2,1H3. The van der Waals surface area contributed by atoms with Crippen LogP contribution >= 0.6 is 0 Å². The van der Waals surface area contributed by atoms with Crippen LogP contribution in [0.2, 0.25) is 0 Å². The van der Waals surface area contributed by atoms with Gasteiger partial charge in [0, 0.05) is 6.07 Å². The van der Waals surface area contributed by atoms with Crippen molar-refractivity contribution in [3.8, 4) is 11.7 Å². The number of halogens is 2. The molecule has 4 rings (SSSR count). The summed E-state index contributed by atoms with van der Waals surface area (Å²) in [7, 11) is 0. The highest BCUT2D eigenvalue weighted by atomic mass is 19.3. The summed E-state index contributed by atoms with van der Waals surface area (Å²) >= 11 is 0. The number of aliphatic hydroxyl groups is 1. The van der Waals surface area contributed by atoms with Gasteiger partial charge in [-0.1, -0.05) is 12.1 Å². The maximum Gasteiger partial charge on any atom is 0.296 e. The summed E-state index contributed by atoms with van der Waals surface area (Å²) in [4.78, 5) is 12.7. The highest BCUT2D eigenvalue weighted by Gasteiger charge is 2.24. The molecule has 2 heterocycles. The Bertz CT molecular complexity index is 952. The first kappa shape index (κ1) is 17.8. The number of ether oxygens (including phenoxy) is 1. The van der Waals surface area contributed by atoms with Crippen LogP contribution in [-0.4, -0.2) is 36.8 Å². The summed E-state index contributed by atoms with van der Waals surface area (Å²) in [5.41, 5.74) is 1.03. The minimum absolute atomic E-state index is 0.0512. The minimum Gasteiger partial charge on any atom is -0.474 e. The second kappa shape index (κ2) is 7.19. The Morgan fingerprint density at radius 3 is 2.59 bits per heavy atom. The van der Waals surface area contributed by atoms with E-state index >= 15 is 0 Å². The van der Waals surface area contributed by atoms with Gasteiger partial charge in [0.05, 0.1) is 17.1 Å². The van der Waals surface area contributed by atoms with Gasteiger partial charge >= 0.3 is 0 Å². The van der Waals surface area contributed by atoms with E-state index in [1.807, 2.05) is 0 Å². The summed E-state index contributed by atoms with van der Waals surface area (Å²) in [6.45, 7) is 1.70. The average Bonchev–Trinajstić information content (AvgIpc) is 3.03. The number of para-hydroxylation sites is 2. The third-order valence-corrected chi connectivity index (χ3v) is 4.74. The lowest BCUT2D eigenvalue weighted by atomic mass is 9.95. The maximum absolute atomic E-state index is 13.6. The molecule has 0 spiro atoms. The van der Waals surface area contributed by atoms with Crippen LogP contribution in [0, 0.1) is 6.92 Å². The molecule has 2 aromatic heterocycles. The van der Waals surface area contributed by atoms with Crippen molar-refractivity contribution < 1.29 is 18.6 Å². The summed E-state index contributed by atoms with van der Waals surface area (Å²) in [5, 5.41) is 9.63. The number of hydrogen-bond donors (Lipinski definition) is 1. The number of imidazole rings is 1. The highest BCUT2D eigenvalue weighted by Crippen LogP contribution is 2.29. The van der Waals surface area contributed by atoms with E-state index in [4.69, 9.17) is 4.74 Å². The van der Waals surface area contributed by atoms with Gasteiger partial charge in [-0.15, -0.1) is 0 Å². The molecule has 0 amide bonds. The van der Waals surface area contributed by atoms with Crippen molar-refractivity contribution >= 4 is 11.0 Å². The number of aryl methyl sites for hydroxylation is 1. The van der Waals surface area contributed by atoms with Crippen LogP contribution in [0.3, 0.4) is 0 Å².